The zero-order chi connectivity index (χ0) is 17.9. The molecule has 2 rings (SSSR count). The van der Waals surface area contributed by atoms with Gasteiger partial charge < -0.3 is 4.74 Å². The van der Waals surface area contributed by atoms with Crippen LogP contribution in [0.3, 0.4) is 0 Å². The Hall–Kier alpha value is -1.99. The summed E-state index contributed by atoms with van der Waals surface area (Å²) < 4.78 is 57.9. The van der Waals surface area contributed by atoms with Crippen molar-refractivity contribution in [3.8, 4) is 0 Å². The summed E-state index contributed by atoms with van der Waals surface area (Å²) >= 11 is 5.72. The Bertz CT molecular complexity index is 851. The van der Waals surface area contributed by atoms with Crippen molar-refractivity contribution in [2.75, 3.05) is 6.61 Å². The molecule has 4 nitrogen and oxygen atoms in total. The van der Waals surface area contributed by atoms with Gasteiger partial charge in [-0.05, 0) is 49.4 Å². The van der Waals surface area contributed by atoms with Crippen molar-refractivity contribution in [1.29, 1.82) is 0 Å². The van der Waals surface area contributed by atoms with Gasteiger partial charge in [0, 0.05) is 10.6 Å². The van der Waals surface area contributed by atoms with Crippen molar-refractivity contribution in [3.05, 3.63) is 64.7 Å². The van der Waals surface area contributed by atoms with E-state index in [-0.39, 0.29) is 11.5 Å². The number of halogens is 3. The molecule has 0 saturated heterocycles. The van der Waals surface area contributed by atoms with E-state index in [1.807, 2.05) is 0 Å². The highest BCUT2D eigenvalue weighted by molar-refractivity contribution is 7.92. The van der Waals surface area contributed by atoms with Crippen LogP contribution >= 0.6 is 11.6 Å². The van der Waals surface area contributed by atoms with Crippen LogP contribution in [0.4, 0.5) is 8.78 Å². The van der Waals surface area contributed by atoms with Crippen molar-refractivity contribution in [1.82, 2.24) is 0 Å². The Labute approximate surface area is 142 Å². The molecule has 0 aliphatic carbocycles. The Morgan fingerprint density at radius 2 is 1.79 bits per heavy atom. The number of ether oxygens (including phenoxy) is 1. The smallest absolute Gasteiger partial charge is 0.329 e. The quantitative estimate of drug-likeness (QED) is 0.749. The number of carbonyl (C=O) groups is 1. The molecule has 1 unspecified atom stereocenters. The number of carbonyl (C=O) groups excluding carboxylic acids is 1. The van der Waals surface area contributed by atoms with Crippen molar-refractivity contribution in [2.24, 2.45) is 0 Å². The van der Waals surface area contributed by atoms with Gasteiger partial charge in [0.2, 0.25) is 0 Å². The van der Waals surface area contributed by atoms with Crippen LogP contribution in [0, 0.1) is 11.6 Å². The number of benzene rings is 2. The highest BCUT2D eigenvalue weighted by Gasteiger charge is 2.39. The van der Waals surface area contributed by atoms with E-state index in [2.05, 4.69) is 0 Å². The highest BCUT2D eigenvalue weighted by Crippen LogP contribution is 2.32. The molecule has 0 aliphatic rings. The molecule has 0 N–H and O–H groups in total. The van der Waals surface area contributed by atoms with Gasteiger partial charge in [0.05, 0.1) is 11.5 Å². The molecule has 0 radical (unpaired) electrons. The van der Waals surface area contributed by atoms with Gasteiger partial charge >= 0.3 is 5.97 Å². The third-order valence-electron chi connectivity index (χ3n) is 3.19. The predicted octanol–water partition coefficient (Wildman–Crippen LogP) is 3.70. The van der Waals surface area contributed by atoms with E-state index in [1.165, 1.54) is 31.2 Å². The first kappa shape index (κ1) is 18.4. The first-order valence-electron chi connectivity index (χ1n) is 6.88. The summed E-state index contributed by atoms with van der Waals surface area (Å²) in [5.74, 6) is -3.07. The summed E-state index contributed by atoms with van der Waals surface area (Å²) in [6.45, 7) is 1.37. The maximum Gasteiger partial charge on any atom is 0.329 e. The molecule has 0 aliphatic heterocycles. The number of hydrogen-bond acceptors (Lipinski definition) is 4. The minimum absolute atomic E-state index is 0.109. The van der Waals surface area contributed by atoms with E-state index >= 15 is 0 Å². The second kappa shape index (κ2) is 7.27. The van der Waals surface area contributed by atoms with Gasteiger partial charge in [0.1, 0.15) is 11.6 Å². The van der Waals surface area contributed by atoms with Crippen LogP contribution in [0.1, 0.15) is 17.7 Å². The van der Waals surface area contributed by atoms with Crippen molar-refractivity contribution >= 4 is 27.4 Å². The molecule has 128 valence electrons. The second-order valence-corrected chi connectivity index (χ2v) is 7.27. The summed E-state index contributed by atoms with van der Waals surface area (Å²) in [6, 6.07) is 7.26. The zero-order valence-electron chi connectivity index (χ0n) is 12.5. The van der Waals surface area contributed by atoms with E-state index in [9.17, 15) is 22.0 Å². The maximum atomic E-state index is 14.1. The summed E-state index contributed by atoms with van der Waals surface area (Å²) in [6.07, 6.45) is 0. The molecule has 0 amide bonds. The topological polar surface area (TPSA) is 60.4 Å². The summed E-state index contributed by atoms with van der Waals surface area (Å²) in [4.78, 5) is 11.9. The fraction of sp³-hybridized carbons (Fsp3) is 0.188. The average molecular weight is 375 g/mol. The largest absolute Gasteiger partial charge is 0.465 e. The minimum atomic E-state index is -4.37. The van der Waals surface area contributed by atoms with Crippen LogP contribution in [0.15, 0.2) is 47.4 Å². The van der Waals surface area contributed by atoms with Gasteiger partial charge in [0.25, 0.3) is 0 Å². The molecule has 8 heteroatoms. The standard InChI is InChI=1S/C16H13ClF2O4S/c1-2-23-16(20)15(13-9-11(18)5-8-14(13)19)24(21,22)12-6-3-10(17)4-7-12/h3-9,15H,2H2,1H3. The second-order valence-electron chi connectivity index (χ2n) is 4.80. The first-order valence-corrected chi connectivity index (χ1v) is 8.81. The van der Waals surface area contributed by atoms with E-state index in [1.54, 1.807) is 0 Å². The predicted molar refractivity (Wildman–Crippen MR) is 84.4 cm³/mol. The minimum Gasteiger partial charge on any atom is -0.465 e. The Morgan fingerprint density at radius 3 is 2.38 bits per heavy atom. The fourth-order valence-electron chi connectivity index (χ4n) is 2.11. The fourth-order valence-corrected chi connectivity index (χ4v) is 3.86. The molecular weight excluding hydrogens is 362 g/mol. The number of esters is 1. The molecule has 0 spiro atoms. The molecule has 0 fully saturated rings. The summed E-state index contributed by atoms with van der Waals surface area (Å²) in [5.41, 5.74) is -0.608. The Morgan fingerprint density at radius 1 is 1.17 bits per heavy atom. The van der Waals surface area contributed by atoms with E-state index in [4.69, 9.17) is 16.3 Å². The van der Waals surface area contributed by atoms with Gasteiger partial charge in [-0.3, -0.25) is 4.79 Å². The van der Waals surface area contributed by atoms with E-state index in [0.29, 0.717) is 11.1 Å². The Kier molecular flexibility index (Phi) is 5.56. The van der Waals surface area contributed by atoms with Gasteiger partial charge in [-0.1, -0.05) is 11.6 Å². The van der Waals surface area contributed by atoms with Crippen molar-refractivity contribution < 1.29 is 26.7 Å². The van der Waals surface area contributed by atoms with E-state index in [0.717, 1.165) is 12.1 Å². The third-order valence-corrected chi connectivity index (χ3v) is 5.44. The lowest BCUT2D eigenvalue weighted by molar-refractivity contribution is -0.142. The van der Waals surface area contributed by atoms with Gasteiger partial charge in [-0.2, -0.15) is 0 Å². The summed E-state index contributed by atoms with van der Waals surface area (Å²) in [5, 5.41) is -1.73. The molecule has 0 bridgehead atoms. The van der Waals surface area contributed by atoms with Crippen LogP contribution in [-0.2, 0) is 19.4 Å². The van der Waals surface area contributed by atoms with Crippen LogP contribution < -0.4 is 0 Å². The number of sulfone groups is 1. The van der Waals surface area contributed by atoms with Gasteiger partial charge in [-0.15, -0.1) is 0 Å². The molecule has 2 aromatic carbocycles. The maximum absolute atomic E-state index is 14.1. The highest BCUT2D eigenvalue weighted by atomic mass is 35.5. The zero-order valence-corrected chi connectivity index (χ0v) is 14.1. The van der Waals surface area contributed by atoms with Crippen molar-refractivity contribution in [2.45, 2.75) is 17.1 Å². The lowest BCUT2D eigenvalue weighted by Crippen LogP contribution is -2.26. The van der Waals surface area contributed by atoms with Gasteiger partial charge in [0.15, 0.2) is 15.1 Å². The van der Waals surface area contributed by atoms with Crippen LogP contribution in [0.5, 0.6) is 0 Å². The monoisotopic (exact) mass is 374 g/mol. The Balaban J connectivity index is 2.64. The number of rotatable bonds is 5. The summed E-state index contributed by atoms with van der Waals surface area (Å²) in [7, 11) is -4.37. The van der Waals surface area contributed by atoms with Crippen LogP contribution in [0.2, 0.25) is 5.02 Å². The molecule has 0 heterocycles. The van der Waals surface area contributed by atoms with Crippen LogP contribution in [-0.4, -0.2) is 21.0 Å². The molecule has 24 heavy (non-hydrogen) atoms. The molecule has 1 atom stereocenters. The average Bonchev–Trinajstić information content (AvgIpc) is 2.51. The molecular formula is C16H13ClF2O4S. The van der Waals surface area contributed by atoms with Crippen LogP contribution in [0.25, 0.3) is 0 Å². The van der Waals surface area contributed by atoms with Gasteiger partial charge in [-0.25, -0.2) is 17.2 Å². The lowest BCUT2D eigenvalue weighted by atomic mass is 10.1. The third kappa shape index (κ3) is 3.73. The SMILES string of the molecule is CCOC(=O)C(c1cc(F)ccc1F)S(=O)(=O)c1ccc(Cl)cc1. The lowest BCUT2D eigenvalue weighted by Gasteiger charge is -2.17. The van der Waals surface area contributed by atoms with E-state index < -0.39 is 38.3 Å². The first-order chi connectivity index (χ1) is 11.3. The molecule has 0 aromatic heterocycles. The number of hydrogen-bond donors (Lipinski definition) is 0. The van der Waals surface area contributed by atoms with Crippen molar-refractivity contribution in [3.63, 3.8) is 0 Å². The normalized spacial score (nSPS) is 12.7. The molecule has 0 saturated carbocycles. The molecule has 2 aromatic rings.